The van der Waals surface area contributed by atoms with Crippen LogP contribution in [0.5, 0.6) is 0 Å². The van der Waals surface area contributed by atoms with Crippen LogP contribution in [-0.2, 0) is 0 Å². The Hall–Kier alpha value is -7.74. The summed E-state index contributed by atoms with van der Waals surface area (Å²) < 4.78 is 0. The van der Waals surface area contributed by atoms with Crippen molar-refractivity contribution in [3.8, 4) is 66.8 Å². The van der Waals surface area contributed by atoms with Gasteiger partial charge in [-0.2, -0.15) is 0 Å². The van der Waals surface area contributed by atoms with Gasteiger partial charge >= 0.3 is 0 Å². The Bertz CT molecular complexity index is 3000. The van der Waals surface area contributed by atoms with Crippen molar-refractivity contribution in [2.45, 2.75) is 0 Å². The van der Waals surface area contributed by atoms with Crippen molar-refractivity contribution >= 4 is 27.8 Å². The van der Waals surface area contributed by atoms with E-state index in [2.05, 4.69) is 254 Å². The van der Waals surface area contributed by atoms with Gasteiger partial charge in [0.1, 0.15) is 0 Å². The van der Waals surface area contributed by atoms with E-state index in [-0.39, 0.29) is 0 Å². The third kappa shape index (κ3) is 7.58. The van der Waals surface area contributed by atoms with Crippen molar-refractivity contribution < 1.29 is 0 Å². The van der Waals surface area contributed by atoms with E-state index in [0.29, 0.717) is 0 Å². The maximum Gasteiger partial charge on any atom is 0.0467 e. The van der Waals surface area contributed by atoms with E-state index in [0.717, 1.165) is 17.1 Å². The summed E-state index contributed by atoms with van der Waals surface area (Å²) >= 11 is 0. The van der Waals surface area contributed by atoms with E-state index < -0.39 is 0 Å². The van der Waals surface area contributed by atoms with Gasteiger partial charge in [0, 0.05) is 17.1 Å². The molecule has 0 spiro atoms. The highest BCUT2D eigenvalue weighted by atomic mass is 15.1. The summed E-state index contributed by atoms with van der Waals surface area (Å²) in [6.45, 7) is 0. The van der Waals surface area contributed by atoms with Crippen LogP contribution in [-0.4, -0.2) is 0 Å². The van der Waals surface area contributed by atoms with Crippen LogP contribution in [0.2, 0.25) is 0 Å². The first-order valence-electron chi connectivity index (χ1n) is 20.2. The molecule has 0 unspecified atom stereocenters. The summed E-state index contributed by atoms with van der Waals surface area (Å²) in [5.74, 6) is 0. The standard InChI is InChI=1S/C58H41N/c1-3-12-42(13-4-1)46-30-34-56(35-31-46)59(58-23-11-22-54(41-58)52-20-9-18-50(38-52)43-14-5-2-6-15-43)57-36-32-47(33-37-57)45-24-26-48(27-25-45)51-19-10-21-53(39-51)55-29-28-44-16-7-8-17-49(44)40-55/h1-41H. The molecule has 0 fully saturated rings. The van der Waals surface area contributed by atoms with Gasteiger partial charge in [0.05, 0.1) is 0 Å². The van der Waals surface area contributed by atoms with Crippen LogP contribution in [0.3, 0.4) is 0 Å². The van der Waals surface area contributed by atoms with Gasteiger partial charge < -0.3 is 4.90 Å². The maximum atomic E-state index is 2.36. The molecule has 0 saturated heterocycles. The highest BCUT2D eigenvalue weighted by Crippen LogP contribution is 2.39. The first kappa shape index (κ1) is 35.7. The van der Waals surface area contributed by atoms with Crippen LogP contribution < -0.4 is 4.90 Å². The summed E-state index contributed by atoms with van der Waals surface area (Å²) in [6, 6.07) is 89.8. The van der Waals surface area contributed by atoms with E-state index in [1.54, 1.807) is 0 Å². The second-order valence-corrected chi connectivity index (χ2v) is 15.0. The van der Waals surface area contributed by atoms with Gasteiger partial charge in [-0.1, -0.05) is 194 Å². The molecule has 0 amide bonds. The number of hydrogen-bond donors (Lipinski definition) is 0. The molecule has 0 saturated carbocycles. The summed E-state index contributed by atoms with van der Waals surface area (Å²) in [4.78, 5) is 2.36. The molecule has 0 heterocycles. The molecule has 10 rings (SSSR count). The van der Waals surface area contributed by atoms with E-state index in [9.17, 15) is 0 Å². The molecule has 1 heteroatoms. The number of hydrogen-bond acceptors (Lipinski definition) is 1. The molecule has 0 aromatic heterocycles. The quantitative estimate of drug-likeness (QED) is 0.142. The first-order chi connectivity index (χ1) is 29.2. The number of fused-ring (bicyclic) bond motifs is 1. The fourth-order valence-corrected chi connectivity index (χ4v) is 8.12. The van der Waals surface area contributed by atoms with Gasteiger partial charge in [0.15, 0.2) is 0 Å². The van der Waals surface area contributed by atoms with Gasteiger partial charge in [0.25, 0.3) is 0 Å². The molecule has 59 heavy (non-hydrogen) atoms. The molecule has 0 aliphatic heterocycles. The zero-order chi connectivity index (χ0) is 39.4. The van der Waals surface area contributed by atoms with Crippen molar-refractivity contribution in [1.82, 2.24) is 0 Å². The third-order valence-corrected chi connectivity index (χ3v) is 11.3. The van der Waals surface area contributed by atoms with Crippen LogP contribution in [0, 0.1) is 0 Å². The normalized spacial score (nSPS) is 11.1. The number of benzene rings is 10. The minimum Gasteiger partial charge on any atom is -0.310 e. The van der Waals surface area contributed by atoms with Gasteiger partial charge in [-0.15, -0.1) is 0 Å². The average molecular weight is 752 g/mol. The monoisotopic (exact) mass is 751 g/mol. The van der Waals surface area contributed by atoms with Crippen molar-refractivity contribution in [3.63, 3.8) is 0 Å². The van der Waals surface area contributed by atoms with E-state index in [4.69, 9.17) is 0 Å². The van der Waals surface area contributed by atoms with Crippen molar-refractivity contribution in [3.05, 3.63) is 249 Å². The van der Waals surface area contributed by atoms with Crippen molar-refractivity contribution in [2.75, 3.05) is 4.90 Å². The topological polar surface area (TPSA) is 3.24 Å². The second-order valence-electron chi connectivity index (χ2n) is 15.0. The average Bonchev–Trinajstić information content (AvgIpc) is 3.33. The van der Waals surface area contributed by atoms with Gasteiger partial charge in [-0.25, -0.2) is 0 Å². The number of anilines is 3. The van der Waals surface area contributed by atoms with Gasteiger partial charge in [-0.05, 0) is 132 Å². The molecular formula is C58H41N. The zero-order valence-electron chi connectivity index (χ0n) is 32.6. The molecule has 10 aromatic rings. The lowest BCUT2D eigenvalue weighted by atomic mass is 9.96. The molecule has 1 nitrogen and oxygen atoms in total. The van der Waals surface area contributed by atoms with Crippen LogP contribution in [0.15, 0.2) is 249 Å². The van der Waals surface area contributed by atoms with Gasteiger partial charge in [-0.3, -0.25) is 0 Å². The molecule has 10 aromatic carbocycles. The predicted molar refractivity (Wildman–Crippen MR) is 251 cm³/mol. The van der Waals surface area contributed by atoms with Crippen LogP contribution in [0.4, 0.5) is 17.1 Å². The summed E-state index contributed by atoms with van der Waals surface area (Å²) in [5.41, 5.74) is 17.7. The molecule has 0 radical (unpaired) electrons. The second kappa shape index (κ2) is 16.0. The lowest BCUT2D eigenvalue weighted by Crippen LogP contribution is -2.10. The summed E-state index contributed by atoms with van der Waals surface area (Å²) in [7, 11) is 0. The SMILES string of the molecule is c1ccc(-c2ccc(N(c3ccc(-c4ccc(-c5cccc(-c6ccc7ccccc7c6)c5)cc4)cc3)c3cccc(-c4cccc(-c5ccccc5)c4)c3)cc2)cc1. The summed E-state index contributed by atoms with van der Waals surface area (Å²) in [5, 5.41) is 2.52. The lowest BCUT2D eigenvalue weighted by Gasteiger charge is -2.26. The van der Waals surface area contributed by atoms with Crippen LogP contribution in [0.25, 0.3) is 77.5 Å². The van der Waals surface area contributed by atoms with Crippen molar-refractivity contribution in [1.29, 1.82) is 0 Å². The Morgan fingerprint density at radius 1 is 0.169 bits per heavy atom. The molecule has 0 aliphatic rings. The van der Waals surface area contributed by atoms with Crippen LogP contribution >= 0.6 is 0 Å². The molecule has 0 N–H and O–H groups in total. The minimum atomic E-state index is 1.10. The smallest absolute Gasteiger partial charge is 0.0467 e. The fourth-order valence-electron chi connectivity index (χ4n) is 8.12. The Kier molecular flexibility index (Phi) is 9.68. The van der Waals surface area contributed by atoms with E-state index in [1.165, 1.54) is 77.5 Å². The van der Waals surface area contributed by atoms with Crippen molar-refractivity contribution in [2.24, 2.45) is 0 Å². The Labute approximate surface area is 346 Å². The molecule has 278 valence electrons. The van der Waals surface area contributed by atoms with Crippen LogP contribution in [0.1, 0.15) is 0 Å². The maximum absolute atomic E-state index is 2.36. The summed E-state index contributed by atoms with van der Waals surface area (Å²) in [6.07, 6.45) is 0. The molecular weight excluding hydrogens is 711 g/mol. The Morgan fingerprint density at radius 2 is 0.492 bits per heavy atom. The fraction of sp³-hybridized carbons (Fsp3) is 0. The first-order valence-corrected chi connectivity index (χ1v) is 20.2. The molecule has 0 aliphatic carbocycles. The predicted octanol–water partition coefficient (Wildman–Crippen LogP) is 16.3. The molecule has 0 atom stereocenters. The lowest BCUT2D eigenvalue weighted by molar-refractivity contribution is 1.28. The molecule has 0 bridgehead atoms. The Morgan fingerprint density at radius 3 is 1.02 bits per heavy atom. The highest BCUT2D eigenvalue weighted by molar-refractivity contribution is 5.88. The van der Waals surface area contributed by atoms with E-state index >= 15 is 0 Å². The zero-order valence-corrected chi connectivity index (χ0v) is 32.6. The van der Waals surface area contributed by atoms with E-state index in [1.807, 2.05) is 0 Å². The number of rotatable bonds is 9. The van der Waals surface area contributed by atoms with Gasteiger partial charge in [0.2, 0.25) is 0 Å². The third-order valence-electron chi connectivity index (χ3n) is 11.3. The minimum absolute atomic E-state index is 1.10. The highest BCUT2D eigenvalue weighted by Gasteiger charge is 2.15. The number of nitrogens with zero attached hydrogens (tertiary/aromatic N) is 1. The largest absolute Gasteiger partial charge is 0.310 e. The Balaban J connectivity index is 0.957.